The van der Waals surface area contributed by atoms with E-state index in [1.165, 1.54) is 18.0 Å². The highest BCUT2D eigenvalue weighted by atomic mass is 16.5. The Morgan fingerprint density at radius 3 is 2.83 bits per heavy atom. The van der Waals surface area contributed by atoms with Crippen LogP contribution in [0.15, 0.2) is 30.5 Å². The van der Waals surface area contributed by atoms with E-state index in [0.717, 1.165) is 0 Å². The van der Waals surface area contributed by atoms with Crippen molar-refractivity contribution in [2.24, 2.45) is 0 Å². The normalized spacial score (nSPS) is 10.1. The van der Waals surface area contributed by atoms with Gasteiger partial charge in [-0.1, -0.05) is 6.07 Å². The number of aromatic nitrogens is 2. The molecule has 6 nitrogen and oxygen atoms in total. The molecule has 2 aromatic rings. The molecule has 6 heteroatoms. The van der Waals surface area contributed by atoms with Crippen molar-refractivity contribution in [3.63, 3.8) is 0 Å². The number of hydrogen-bond donors (Lipinski definition) is 1. The summed E-state index contributed by atoms with van der Waals surface area (Å²) in [4.78, 5) is 21.6. The number of carbonyl (C=O) groups is 2. The van der Waals surface area contributed by atoms with Crippen LogP contribution in [0, 0.1) is 0 Å². The van der Waals surface area contributed by atoms with E-state index in [2.05, 4.69) is 5.10 Å². The van der Waals surface area contributed by atoms with Gasteiger partial charge in [-0.3, -0.25) is 4.79 Å². The molecule has 0 radical (unpaired) electrons. The van der Waals surface area contributed by atoms with E-state index >= 15 is 0 Å². The molecule has 92 valence electrons. The molecule has 0 saturated carbocycles. The number of ether oxygens (including phenoxy) is 1. The Kier molecular flexibility index (Phi) is 3.09. The fourth-order valence-corrected chi connectivity index (χ4v) is 1.52. The molecule has 0 fully saturated rings. The van der Waals surface area contributed by atoms with Gasteiger partial charge in [-0.2, -0.15) is 5.10 Å². The standard InChI is InChI=1S/C12H10N2O4/c1-18-10-4-2-3-9(5-10)14-6-8(7-15)11(13-14)12(16)17/h2-7H,1H3,(H,16,17). The number of carbonyl (C=O) groups excluding carboxylic acids is 1. The van der Waals surface area contributed by atoms with Gasteiger partial charge in [-0.05, 0) is 12.1 Å². The molecule has 1 N–H and O–H groups in total. The van der Waals surface area contributed by atoms with Crippen molar-refractivity contribution in [1.82, 2.24) is 9.78 Å². The van der Waals surface area contributed by atoms with E-state index in [0.29, 0.717) is 17.7 Å². The largest absolute Gasteiger partial charge is 0.497 e. The van der Waals surface area contributed by atoms with Gasteiger partial charge in [0.2, 0.25) is 0 Å². The topological polar surface area (TPSA) is 81.4 Å². The second-order valence-corrected chi connectivity index (χ2v) is 3.50. The lowest BCUT2D eigenvalue weighted by Crippen LogP contribution is -2.02. The minimum absolute atomic E-state index is 0.0327. The van der Waals surface area contributed by atoms with Crippen molar-refractivity contribution >= 4 is 12.3 Å². The number of aldehydes is 1. The average Bonchev–Trinajstić information content (AvgIpc) is 2.83. The molecule has 0 aliphatic rings. The Labute approximate surface area is 102 Å². The van der Waals surface area contributed by atoms with Crippen LogP contribution in [0.4, 0.5) is 0 Å². The Bertz CT molecular complexity index is 604. The van der Waals surface area contributed by atoms with Crippen LogP contribution >= 0.6 is 0 Å². The molecule has 0 saturated heterocycles. The summed E-state index contributed by atoms with van der Waals surface area (Å²) in [6, 6.07) is 6.92. The highest BCUT2D eigenvalue weighted by Crippen LogP contribution is 2.17. The third-order valence-electron chi connectivity index (χ3n) is 2.39. The lowest BCUT2D eigenvalue weighted by molar-refractivity contribution is 0.0687. The zero-order valence-electron chi connectivity index (χ0n) is 9.53. The maximum atomic E-state index is 10.9. The summed E-state index contributed by atoms with van der Waals surface area (Å²) in [5.74, 6) is -0.619. The average molecular weight is 246 g/mol. The van der Waals surface area contributed by atoms with E-state index in [-0.39, 0.29) is 11.3 Å². The van der Waals surface area contributed by atoms with E-state index in [1.54, 1.807) is 24.3 Å². The SMILES string of the molecule is COc1cccc(-n2cc(C=O)c(C(=O)O)n2)c1. The lowest BCUT2D eigenvalue weighted by Gasteiger charge is -2.03. The molecular weight excluding hydrogens is 236 g/mol. The minimum atomic E-state index is -1.24. The summed E-state index contributed by atoms with van der Waals surface area (Å²) in [5, 5.41) is 12.8. The van der Waals surface area contributed by atoms with Gasteiger partial charge in [0.25, 0.3) is 0 Å². The van der Waals surface area contributed by atoms with E-state index < -0.39 is 5.97 Å². The highest BCUT2D eigenvalue weighted by Gasteiger charge is 2.15. The molecule has 0 bridgehead atoms. The van der Waals surface area contributed by atoms with Gasteiger partial charge in [-0.25, -0.2) is 9.48 Å². The third kappa shape index (κ3) is 2.08. The Balaban J connectivity index is 2.50. The van der Waals surface area contributed by atoms with Gasteiger partial charge in [-0.15, -0.1) is 0 Å². The predicted molar refractivity (Wildman–Crippen MR) is 62.5 cm³/mol. The predicted octanol–water partition coefficient (Wildman–Crippen LogP) is 1.39. The highest BCUT2D eigenvalue weighted by molar-refractivity contribution is 5.95. The fraction of sp³-hybridized carbons (Fsp3) is 0.0833. The van der Waals surface area contributed by atoms with Gasteiger partial charge >= 0.3 is 5.97 Å². The van der Waals surface area contributed by atoms with Crippen molar-refractivity contribution in [3.05, 3.63) is 41.7 Å². The summed E-state index contributed by atoms with van der Waals surface area (Å²) in [5.41, 5.74) is 0.378. The molecule has 0 aliphatic heterocycles. The van der Waals surface area contributed by atoms with Crippen LogP contribution < -0.4 is 4.74 Å². The first-order valence-corrected chi connectivity index (χ1v) is 5.08. The van der Waals surface area contributed by atoms with Crippen molar-refractivity contribution < 1.29 is 19.4 Å². The van der Waals surface area contributed by atoms with Crippen molar-refractivity contribution in [3.8, 4) is 11.4 Å². The Morgan fingerprint density at radius 1 is 1.50 bits per heavy atom. The quantitative estimate of drug-likeness (QED) is 0.824. The zero-order valence-corrected chi connectivity index (χ0v) is 9.53. The second-order valence-electron chi connectivity index (χ2n) is 3.50. The molecule has 1 heterocycles. The van der Waals surface area contributed by atoms with E-state index in [4.69, 9.17) is 9.84 Å². The molecule has 0 unspecified atom stereocenters. The molecule has 0 spiro atoms. The summed E-state index contributed by atoms with van der Waals surface area (Å²) in [6.45, 7) is 0. The first kappa shape index (κ1) is 11.8. The smallest absolute Gasteiger partial charge is 0.357 e. The number of rotatable bonds is 4. The summed E-state index contributed by atoms with van der Waals surface area (Å²) in [7, 11) is 1.53. The van der Waals surface area contributed by atoms with Crippen LogP contribution in [0.3, 0.4) is 0 Å². The molecule has 2 rings (SSSR count). The van der Waals surface area contributed by atoms with Gasteiger partial charge in [0, 0.05) is 12.3 Å². The maximum absolute atomic E-state index is 10.9. The Hall–Kier alpha value is -2.63. The van der Waals surface area contributed by atoms with Gasteiger partial charge < -0.3 is 9.84 Å². The minimum Gasteiger partial charge on any atom is -0.497 e. The molecule has 0 amide bonds. The third-order valence-corrected chi connectivity index (χ3v) is 2.39. The number of carboxylic acid groups (broad SMARTS) is 1. The second kappa shape index (κ2) is 4.70. The number of aromatic carboxylic acids is 1. The van der Waals surface area contributed by atoms with Crippen LogP contribution in [0.1, 0.15) is 20.8 Å². The lowest BCUT2D eigenvalue weighted by atomic mass is 10.3. The van der Waals surface area contributed by atoms with Gasteiger partial charge in [0.1, 0.15) is 5.75 Å². The molecular formula is C12H10N2O4. The summed E-state index contributed by atoms with van der Waals surface area (Å²) in [6.07, 6.45) is 1.83. The first-order valence-electron chi connectivity index (χ1n) is 5.08. The number of nitrogens with zero attached hydrogens (tertiary/aromatic N) is 2. The van der Waals surface area contributed by atoms with Crippen molar-refractivity contribution in [2.75, 3.05) is 7.11 Å². The molecule has 1 aromatic heterocycles. The molecule has 0 aliphatic carbocycles. The van der Waals surface area contributed by atoms with E-state index in [1.807, 2.05) is 0 Å². The van der Waals surface area contributed by atoms with Crippen molar-refractivity contribution in [1.29, 1.82) is 0 Å². The van der Waals surface area contributed by atoms with Crippen LogP contribution in [0.2, 0.25) is 0 Å². The van der Waals surface area contributed by atoms with Crippen molar-refractivity contribution in [2.45, 2.75) is 0 Å². The monoisotopic (exact) mass is 246 g/mol. The van der Waals surface area contributed by atoms with Gasteiger partial charge in [0.05, 0.1) is 18.4 Å². The Morgan fingerprint density at radius 2 is 2.28 bits per heavy atom. The summed E-state index contributed by atoms with van der Waals surface area (Å²) >= 11 is 0. The molecule has 0 atom stereocenters. The number of methoxy groups -OCH3 is 1. The zero-order chi connectivity index (χ0) is 13.1. The van der Waals surface area contributed by atoms with Crippen LogP contribution in [-0.2, 0) is 0 Å². The first-order chi connectivity index (χ1) is 8.65. The number of benzene rings is 1. The maximum Gasteiger partial charge on any atom is 0.357 e. The molecule has 1 aromatic carbocycles. The van der Waals surface area contributed by atoms with Crippen LogP contribution in [0.5, 0.6) is 5.75 Å². The number of hydrogen-bond acceptors (Lipinski definition) is 4. The van der Waals surface area contributed by atoms with E-state index in [9.17, 15) is 9.59 Å². The van der Waals surface area contributed by atoms with Crippen LogP contribution in [0.25, 0.3) is 5.69 Å². The fourth-order valence-electron chi connectivity index (χ4n) is 1.52. The van der Waals surface area contributed by atoms with Gasteiger partial charge in [0.15, 0.2) is 12.0 Å². The summed E-state index contributed by atoms with van der Waals surface area (Å²) < 4.78 is 6.39. The van der Waals surface area contributed by atoms with Crippen LogP contribution in [-0.4, -0.2) is 34.3 Å². The molecule has 18 heavy (non-hydrogen) atoms. The number of carboxylic acids is 1.